The summed E-state index contributed by atoms with van der Waals surface area (Å²) in [6.45, 7) is 2.54. The Morgan fingerprint density at radius 3 is 2.83 bits per heavy atom. The highest BCUT2D eigenvalue weighted by molar-refractivity contribution is 6.01. The van der Waals surface area contributed by atoms with Gasteiger partial charge in [-0.2, -0.15) is 0 Å². The molecule has 3 amide bonds. The molecule has 1 aliphatic rings. The predicted molar refractivity (Wildman–Crippen MR) is 44.5 cm³/mol. The van der Waals surface area contributed by atoms with Gasteiger partial charge in [0, 0.05) is 6.54 Å². The summed E-state index contributed by atoms with van der Waals surface area (Å²) in [5.74, 6) is -0.135. The van der Waals surface area contributed by atoms with Crippen LogP contribution in [0.2, 0.25) is 0 Å². The van der Waals surface area contributed by atoms with Crippen molar-refractivity contribution in [1.82, 2.24) is 10.2 Å². The van der Waals surface area contributed by atoms with Gasteiger partial charge in [-0.1, -0.05) is 12.2 Å². The van der Waals surface area contributed by atoms with Crippen molar-refractivity contribution in [2.45, 2.75) is 13.3 Å². The lowest BCUT2D eigenvalue weighted by molar-refractivity contribution is -0.124. The van der Waals surface area contributed by atoms with Crippen LogP contribution >= 0.6 is 0 Å². The smallest absolute Gasteiger partial charge is 0.324 e. The highest BCUT2D eigenvalue weighted by Gasteiger charge is 2.26. The van der Waals surface area contributed by atoms with Crippen LogP contribution in [0.25, 0.3) is 0 Å². The van der Waals surface area contributed by atoms with Crippen molar-refractivity contribution in [3.8, 4) is 0 Å². The van der Waals surface area contributed by atoms with E-state index in [1.807, 2.05) is 19.1 Å². The molecule has 0 aromatic rings. The third-order valence-corrected chi connectivity index (χ3v) is 1.69. The Kier molecular flexibility index (Phi) is 2.85. The molecule has 0 aromatic carbocycles. The first-order chi connectivity index (χ1) is 5.75. The van der Waals surface area contributed by atoms with Crippen LogP contribution < -0.4 is 5.32 Å². The number of carbonyl (C=O) groups is 2. The Morgan fingerprint density at radius 1 is 1.58 bits per heavy atom. The molecule has 0 unspecified atom stereocenters. The van der Waals surface area contributed by atoms with E-state index >= 15 is 0 Å². The zero-order valence-corrected chi connectivity index (χ0v) is 7.04. The van der Waals surface area contributed by atoms with Crippen LogP contribution in [0, 0.1) is 0 Å². The van der Waals surface area contributed by atoms with Crippen molar-refractivity contribution >= 4 is 11.9 Å². The number of amides is 3. The largest absolute Gasteiger partial charge is 0.329 e. The summed E-state index contributed by atoms with van der Waals surface area (Å²) >= 11 is 0. The van der Waals surface area contributed by atoms with Crippen molar-refractivity contribution in [2.24, 2.45) is 0 Å². The first-order valence-corrected chi connectivity index (χ1v) is 3.95. The number of hydrogen-bond donors (Lipinski definition) is 1. The van der Waals surface area contributed by atoms with Crippen LogP contribution in [0.4, 0.5) is 4.79 Å². The molecule has 0 spiro atoms. The third kappa shape index (κ3) is 1.84. The third-order valence-electron chi connectivity index (χ3n) is 1.69. The maximum Gasteiger partial charge on any atom is 0.324 e. The molecule has 12 heavy (non-hydrogen) atoms. The molecule has 1 rings (SSSR count). The maximum absolute atomic E-state index is 11.0. The van der Waals surface area contributed by atoms with Crippen LogP contribution in [-0.2, 0) is 4.79 Å². The molecular formula is C8H12N2O2. The van der Waals surface area contributed by atoms with E-state index in [2.05, 4.69) is 5.32 Å². The van der Waals surface area contributed by atoms with Gasteiger partial charge in [-0.05, 0) is 13.3 Å². The second kappa shape index (κ2) is 3.90. The molecule has 4 nitrogen and oxygen atoms in total. The van der Waals surface area contributed by atoms with Crippen molar-refractivity contribution in [3.63, 3.8) is 0 Å². The summed E-state index contributed by atoms with van der Waals surface area (Å²) in [5.41, 5.74) is 0. The number of imide groups is 1. The van der Waals surface area contributed by atoms with Gasteiger partial charge < -0.3 is 5.32 Å². The minimum atomic E-state index is -0.274. The maximum atomic E-state index is 11.0. The molecule has 0 saturated carbocycles. The van der Waals surface area contributed by atoms with E-state index in [0.29, 0.717) is 6.54 Å². The Bertz CT molecular complexity index is 207. The Balaban J connectivity index is 2.39. The minimum Gasteiger partial charge on any atom is -0.329 e. The van der Waals surface area contributed by atoms with Gasteiger partial charge in [0.15, 0.2) is 0 Å². The molecule has 1 saturated heterocycles. The molecular weight excluding hydrogens is 156 g/mol. The number of allylic oxidation sites excluding steroid dienone is 1. The van der Waals surface area contributed by atoms with E-state index in [4.69, 9.17) is 0 Å². The SMILES string of the molecule is C/C=C/CCN1C(=O)CNC1=O. The fourth-order valence-electron chi connectivity index (χ4n) is 1.05. The van der Waals surface area contributed by atoms with Gasteiger partial charge in [0.1, 0.15) is 0 Å². The molecule has 1 N–H and O–H groups in total. The first kappa shape index (κ1) is 8.77. The fourth-order valence-corrected chi connectivity index (χ4v) is 1.05. The number of carbonyl (C=O) groups excluding carboxylic acids is 2. The quantitative estimate of drug-likeness (QED) is 0.493. The fraction of sp³-hybridized carbons (Fsp3) is 0.500. The monoisotopic (exact) mass is 168 g/mol. The predicted octanol–water partition coefficient (Wildman–Crippen LogP) is 0.504. The van der Waals surface area contributed by atoms with E-state index in [9.17, 15) is 9.59 Å². The van der Waals surface area contributed by atoms with Crippen molar-refractivity contribution in [1.29, 1.82) is 0 Å². The average Bonchev–Trinajstić information content (AvgIpc) is 2.35. The van der Waals surface area contributed by atoms with Crippen LogP contribution in [0.3, 0.4) is 0 Å². The first-order valence-electron chi connectivity index (χ1n) is 3.95. The van der Waals surface area contributed by atoms with E-state index in [1.165, 1.54) is 4.90 Å². The molecule has 0 bridgehead atoms. The van der Waals surface area contributed by atoms with Gasteiger partial charge in [0.25, 0.3) is 0 Å². The number of urea groups is 1. The number of hydrogen-bond acceptors (Lipinski definition) is 2. The van der Waals surface area contributed by atoms with Gasteiger partial charge in [0.2, 0.25) is 5.91 Å². The second-order valence-corrected chi connectivity index (χ2v) is 2.56. The number of nitrogens with zero attached hydrogens (tertiary/aromatic N) is 1. The number of nitrogens with one attached hydrogen (secondary N) is 1. The van der Waals surface area contributed by atoms with E-state index in [1.54, 1.807) is 0 Å². The molecule has 1 aliphatic heterocycles. The molecule has 0 aromatic heterocycles. The van der Waals surface area contributed by atoms with Gasteiger partial charge in [-0.3, -0.25) is 9.69 Å². The molecule has 1 heterocycles. The molecule has 0 atom stereocenters. The second-order valence-electron chi connectivity index (χ2n) is 2.56. The zero-order valence-electron chi connectivity index (χ0n) is 7.04. The number of rotatable bonds is 3. The van der Waals surface area contributed by atoms with E-state index in [0.717, 1.165) is 6.42 Å². The van der Waals surface area contributed by atoms with Crippen LogP contribution in [0.5, 0.6) is 0 Å². The van der Waals surface area contributed by atoms with Gasteiger partial charge in [-0.15, -0.1) is 0 Å². The summed E-state index contributed by atoms with van der Waals surface area (Å²) in [6.07, 6.45) is 4.56. The Morgan fingerprint density at radius 2 is 2.33 bits per heavy atom. The average molecular weight is 168 g/mol. The summed E-state index contributed by atoms with van der Waals surface area (Å²) in [5, 5.41) is 2.46. The summed E-state index contributed by atoms with van der Waals surface area (Å²) in [6, 6.07) is -0.274. The Hall–Kier alpha value is -1.32. The van der Waals surface area contributed by atoms with Gasteiger partial charge >= 0.3 is 6.03 Å². The van der Waals surface area contributed by atoms with Crippen molar-refractivity contribution in [2.75, 3.05) is 13.1 Å². The molecule has 1 fully saturated rings. The zero-order chi connectivity index (χ0) is 8.97. The summed E-state index contributed by atoms with van der Waals surface area (Å²) < 4.78 is 0. The summed E-state index contributed by atoms with van der Waals surface area (Å²) in [4.78, 5) is 23.2. The van der Waals surface area contributed by atoms with E-state index < -0.39 is 0 Å². The highest BCUT2D eigenvalue weighted by Crippen LogP contribution is 2.00. The van der Waals surface area contributed by atoms with Crippen LogP contribution in [0.15, 0.2) is 12.2 Å². The molecule has 0 aliphatic carbocycles. The molecule has 66 valence electrons. The molecule has 4 heteroatoms. The van der Waals surface area contributed by atoms with Crippen molar-refractivity contribution < 1.29 is 9.59 Å². The van der Waals surface area contributed by atoms with Crippen LogP contribution in [0.1, 0.15) is 13.3 Å². The normalized spacial score (nSPS) is 17.6. The topological polar surface area (TPSA) is 49.4 Å². The summed E-state index contributed by atoms with van der Waals surface area (Å²) in [7, 11) is 0. The van der Waals surface area contributed by atoms with E-state index in [-0.39, 0.29) is 18.5 Å². The standard InChI is InChI=1S/C8H12N2O2/c1-2-3-4-5-10-7(11)6-9-8(10)12/h2-3H,4-6H2,1H3,(H,9,12)/b3-2+. The highest BCUT2D eigenvalue weighted by atomic mass is 16.2. The van der Waals surface area contributed by atoms with Gasteiger partial charge in [-0.25, -0.2) is 4.79 Å². The lowest BCUT2D eigenvalue weighted by Crippen LogP contribution is -2.31. The Labute approximate surface area is 71.2 Å². The lowest BCUT2D eigenvalue weighted by atomic mass is 10.3. The van der Waals surface area contributed by atoms with Crippen molar-refractivity contribution in [3.05, 3.63) is 12.2 Å². The molecule has 0 radical (unpaired) electrons. The lowest BCUT2D eigenvalue weighted by Gasteiger charge is -2.09. The van der Waals surface area contributed by atoms with Crippen LogP contribution in [-0.4, -0.2) is 29.9 Å². The van der Waals surface area contributed by atoms with Gasteiger partial charge in [0.05, 0.1) is 6.54 Å². The minimum absolute atomic E-state index is 0.135.